The average Bonchev–Trinajstić information content (AvgIpc) is 2.39. The van der Waals surface area contributed by atoms with Gasteiger partial charge in [0.15, 0.2) is 0 Å². The van der Waals surface area contributed by atoms with Gasteiger partial charge in [-0.25, -0.2) is 4.39 Å². The molecule has 0 amide bonds. The maximum absolute atomic E-state index is 13.2. The Morgan fingerprint density at radius 2 is 1.67 bits per heavy atom. The molecule has 2 rings (SSSR count). The first kappa shape index (κ1) is 12.7. The van der Waals surface area contributed by atoms with Crippen molar-refractivity contribution >= 4 is 0 Å². The zero-order valence-corrected chi connectivity index (χ0v) is 10.6. The highest BCUT2D eigenvalue weighted by molar-refractivity contribution is 5.21. The van der Waals surface area contributed by atoms with Crippen molar-refractivity contribution in [1.82, 2.24) is 10.3 Å². The molecule has 0 saturated carbocycles. The SMILES string of the molecule is CC(N[C@@H](C)c1ccncc1)c1cccc(F)c1. The molecule has 0 radical (unpaired) electrons. The molecule has 0 aliphatic carbocycles. The molecule has 1 aromatic heterocycles. The van der Waals surface area contributed by atoms with Crippen molar-refractivity contribution in [2.24, 2.45) is 0 Å². The second kappa shape index (κ2) is 5.74. The minimum absolute atomic E-state index is 0.101. The number of hydrogen-bond donors (Lipinski definition) is 1. The van der Waals surface area contributed by atoms with Gasteiger partial charge in [-0.2, -0.15) is 0 Å². The minimum atomic E-state index is -0.197. The van der Waals surface area contributed by atoms with Crippen LogP contribution in [-0.2, 0) is 0 Å². The van der Waals surface area contributed by atoms with Crippen molar-refractivity contribution in [1.29, 1.82) is 0 Å². The maximum atomic E-state index is 13.2. The summed E-state index contributed by atoms with van der Waals surface area (Å²) in [4.78, 5) is 4.00. The van der Waals surface area contributed by atoms with Crippen molar-refractivity contribution in [3.8, 4) is 0 Å². The molecule has 94 valence electrons. The van der Waals surface area contributed by atoms with Crippen molar-refractivity contribution in [3.05, 3.63) is 65.7 Å². The van der Waals surface area contributed by atoms with E-state index in [0.717, 1.165) is 5.56 Å². The van der Waals surface area contributed by atoms with E-state index in [2.05, 4.69) is 17.2 Å². The Balaban J connectivity index is 2.05. The van der Waals surface area contributed by atoms with Crippen LogP contribution in [0.15, 0.2) is 48.8 Å². The Kier molecular flexibility index (Phi) is 4.05. The predicted octanol–water partition coefficient (Wildman–Crippen LogP) is 3.63. The molecule has 2 aromatic rings. The van der Waals surface area contributed by atoms with E-state index in [0.29, 0.717) is 0 Å². The van der Waals surface area contributed by atoms with E-state index in [-0.39, 0.29) is 17.9 Å². The lowest BCUT2D eigenvalue weighted by molar-refractivity contribution is 0.491. The van der Waals surface area contributed by atoms with Crippen molar-refractivity contribution in [3.63, 3.8) is 0 Å². The Labute approximate surface area is 107 Å². The zero-order chi connectivity index (χ0) is 13.0. The summed E-state index contributed by atoms with van der Waals surface area (Å²) in [5.74, 6) is -0.197. The third kappa shape index (κ3) is 3.14. The molecule has 1 heterocycles. The summed E-state index contributed by atoms with van der Waals surface area (Å²) in [5, 5.41) is 3.45. The molecule has 0 saturated heterocycles. The maximum Gasteiger partial charge on any atom is 0.123 e. The van der Waals surface area contributed by atoms with Crippen molar-refractivity contribution in [2.75, 3.05) is 0 Å². The van der Waals surface area contributed by atoms with Crippen LogP contribution in [0.4, 0.5) is 4.39 Å². The predicted molar refractivity (Wildman–Crippen MR) is 70.6 cm³/mol. The fourth-order valence-electron chi connectivity index (χ4n) is 2.00. The summed E-state index contributed by atoms with van der Waals surface area (Å²) in [6.45, 7) is 4.12. The first-order valence-electron chi connectivity index (χ1n) is 6.08. The van der Waals surface area contributed by atoms with E-state index < -0.39 is 0 Å². The van der Waals surface area contributed by atoms with Crippen LogP contribution in [0, 0.1) is 5.82 Å². The highest BCUT2D eigenvalue weighted by Gasteiger charge is 2.11. The average molecular weight is 244 g/mol. The second-order valence-corrected chi connectivity index (χ2v) is 4.45. The van der Waals surface area contributed by atoms with Crippen molar-refractivity contribution < 1.29 is 4.39 Å². The lowest BCUT2D eigenvalue weighted by Gasteiger charge is -2.20. The number of hydrogen-bond acceptors (Lipinski definition) is 2. The van der Waals surface area contributed by atoms with Crippen LogP contribution in [-0.4, -0.2) is 4.98 Å². The van der Waals surface area contributed by atoms with E-state index in [1.165, 1.54) is 11.6 Å². The third-order valence-electron chi connectivity index (χ3n) is 3.05. The van der Waals surface area contributed by atoms with Gasteiger partial charge in [0.25, 0.3) is 0 Å². The largest absolute Gasteiger partial charge is 0.304 e. The molecule has 2 atom stereocenters. The summed E-state index contributed by atoms with van der Waals surface area (Å²) < 4.78 is 13.2. The molecule has 1 unspecified atom stereocenters. The van der Waals surface area contributed by atoms with Crippen LogP contribution < -0.4 is 5.32 Å². The van der Waals surface area contributed by atoms with E-state index >= 15 is 0 Å². The minimum Gasteiger partial charge on any atom is -0.304 e. The summed E-state index contributed by atoms with van der Waals surface area (Å²) in [6, 6.07) is 11.0. The molecule has 0 spiro atoms. The van der Waals surface area contributed by atoms with Gasteiger partial charge in [0.05, 0.1) is 0 Å². The fourth-order valence-corrected chi connectivity index (χ4v) is 2.00. The highest BCUT2D eigenvalue weighted by Crippen LogP contribution is 2.19. The van der Waals surface area contributed by atoms with E-state index in [4.69, 9.17) is 0 Å². The number of rotatable bonds is 4. The van der Waals surface area contributed by atoms with Crippen LogP contribution in [0.1, 0.15) is 37.1 Å². The Hall–Kier alpha value is -1.74. The van der Waals surface area contributed by atoms with E-state index in [1.807, 2.05) is 25.1 Å². The number of aromatic nitrogens is 1. The Morgan fingerprint density at radius 1 is 1.00 bits per heavy atom. The Morgan fingerprint density at radius 3 is 2.33 bits per heavy atom. The van der Waals surface area contributed by atoms with Gasteiger partial charge in [0.2, 0.25) is 0 Å². The number of benzene rings is 1. The smallest absolute Gasteiger partial charge is 0.123 e. The third-order valence-corrected chi connectivity index (χ3v) is 3.05. The van der Waals surface area contributed by atoms with Gasteiger partial charge in [-0.1, -0.05) is 12.1 Å². The van der Waals surface area contributed by atoms with Gasteiger partial charge in [-0.15, -0.1) is 0 Å². The molecule has 18 heavy (non-hydrogen) atoms. The molecule has 3 heteroatoms. The molecule has 2 nitrogen and oxygen atoms in total. The van der Waals surface area contributed by atoms with Gasteiger partial charge < -0.3 is 5.32 Å². The highest BCUT2D eigenvalue weighted by atomic mass is 19.1. The van der Waals surface area contributed by atoms with Crippen LogP contribution in [0.5, 0.6) is 0 Å². The van der Waals surface area contributed by atoms with Crippen LogP contribution in [0.25, 0.3) is 0 Å². The number of nitrogens with zero attached hydrogens (tertiary/aromatic N) is 1. The van der Waals surface area contributed by atoms with Gasteiger partial charge in [0.1, 0.15) is 5.82 Å². The Bertz CT molecular complexity index is 499. The summed E-state index contributed by atoms with van der Waals surface area (Å²) in [7, 11) is 0. The number of pyridine rings is 1. The topological polar surface area (TPSA) is 24.9 Å². The van der Waals surface area contributed by atoms with Crippen LogP contribution in [0.3, 0.4) is 0 Å². The molecule has 0 fully saturated rings. The summed E-state index contributed by atoms with van der Waals surface area (Å²) in [5.41, 5.74) is 2.13. The molecular weight excluding hydrogens is 227 g/mol. The van der Waals surface area contributed by atoms with Crippen LogP contribution >= 0.6 is 0 Å². The monoisotopic (exact) mass is 244 g/mol. The van der Waals surface area contributed by atoms with E-state index in [9.17, 15) is 4.39 Å². The zero-order valence-electron chi connectivity index (χ0n) is 10.6. The fraction of sp³-hybridized carbons (Fsp3) is 0.267. The standard InChI is InChI=1S/C15H17FN2/c1-11(13-6-8-17-9-7-13)18-12(2)14-4-3-5-15(16)10-14/h3-12,18H,1-2H3/t11-,12?/m0/s1. The van der Waals surface area contributed by atoms with Crippen LogP contribution in [0.2, 0.25) is 0 Å². The number of nitrogens with one attached hydrogen (secondary N) is 1. The molecule has 1 aromatic carbocycles. The van der Waals surface area contributed by atoms with Gasteiger partial charge in [0, 0.05) is 24.5 Å². The van der Waals surface area contributed by atoms with Gasteiger partial charge >= 0.3 is 0 Å². The molecular formula is C15H17FN2. The lowest BCUT2D eigenvalue weighted by Crippen LogP contribution is -2.22. The van der Waals surface area contributed by atoms with Gasteiger partial charge in [-0.3, -0.25) is 4.98 Å². The molecule has 0 aliphatic rings. The number of halogens is 1. The van der Waals surface area contributed by atoms with E-state index in [1.54, 1.807) is 24.5 Å². The molecule has 0 bridgehead atoms. The first-order chi connectivity index (χ1) is 8.66. The lowest BCUT2D eigenvalue weighted by atomic mass is 10.1. The van der Waals surface area contributed by atoms with Crippen molar-refractivity contribution in [2.45, 2.75) is 25.9 Å². The molecule has 0 aliphatic heterocycles. The quantitative estimate of drug-likeness (QED) is 0.888. The normalized spacial score (nSPS) is 14.2. The summed E-state index contributed by atoms with van der Waals surface area (Å²) >= 11 is 0. The second-order valence-electron chi connectivity index (χ2n) is 4.45. The molecule has 1 N–H and O–H groups in total. The first-order valence-corrected chi connectivity index (χ1v) is 6.08. The summed E-state index contributed by atoms with van der Waals surface area (Å²) in [6.07, 6.45) is 3.56. The van der Waals surface area contributed by atoms with Gasteiger partial charge in [-0.05, 0) is 49.2 Å².